The van der Waals surface area contributed by atoms with Gasteiger partial charge in [0.15, 0.2) is 0 Å². The van der Waals surface area contributed by atoms with Crippen LogP contribution in [0.15, 0.2) is 54.6 Å². The van der Waals surface area contributed by atoms with Gasteiger partial charge in [-0.05, 0) is 30.5 Å². The molecule has 1 heterocycles. The van der Waals surface area contributed by atoms with Gasteiger partial charge in [0.1, 0.15) is 0 Å². The van der Waals surface area contributed by atoms with Gasteiger partial charge in [-0.25, -0.2) is 0 Å². The fraction of sp³-hybridized carbons (Fsp3) is 0.294. The average molecular weight is 237 g/mol. The normalized spacial score (nSPS) is 26.7. The average Bonchev–Trinajstić information content (AvgIpc) is 2.40. The summed E-state index contributed by atoms with van der Waals surface area (Å²) in [5.74, 6) is 0.457. The topological polar surface area (TPSA) is 12.0 Å². The standard InChI is InChI=1S/C17H19N/c1-12-15-10-6-7-11-16(15)17(13(2)18-12)14-8-4-3-5-9-14/h3-13,17-18H,1-2H3/t12-,13+,17-/m0/s1. The van der Waals surface area contributed by atoms with Gasteiger partial charge in [0, 0.05) is 18.0 Å². The second kappa shape index (κ2) is 4.58. The predicted molar refractivity (Wildman–Crippen MR) is 75.7 cm³/mol. The van der Waals surface area contributed by atoms with Crippen LogP contribution in [0.1, 0.15) is 42.5 Å². The molecule has 3 atom stereocenters. The van der Waals surface area contributed by atoms with Gasteiger partial charge in [-0.3, -0.25) is 0 Å². The molecule has 0 spiro atoms. The molecule has 1 aliphatic rings. The van der Waals surface area contributed by atoms with E-state index in [1.54, 1.807) is 0 Å². The number of hydrogen-bond donors (Lipinski definition) is 1. The Morgan fingerprint density at radius 1 is 0.778 bits per heavy atom. The maximum atomic E-state index is 3.68. The van der Waals surface area contributed by atoms with Crippen molar-refractivity contribution in [1.82, 2.24) is 5.32 Å². The van der Waals surface area contributed by atoms with Gasteiger partial charge in [0.25, 0.3) is 0 Å². The molecule has 0 fully saturated rings. The summed E-state index contributed by atoms with van der Waals surface area (Å²) in [6.07, 6.45) is 0. The summed E-state index contributed by atoms with van der Waals surface area (Å²) in [4.78, 5) is 0. The first-order valence-corrected chi connectivity index (χ1v) is 6.67. The van der Waals surface area contributed by atoms with E-state index in [2.05, 4.69) is 73.8 Å². The number of fused-ring (bicyclic) bond motifs is 1. The summed E-state index contributed by atoms with van der Waals surface area (Å²) >= 11 is 0. The second-order valence-electron chi connectivity index (χ2n) is 5.19. The summed E-state index contributed by atoms with van der Waals surface area (Å²) < 4.78 is 0. The van der Waals surface area contributed by atoms with Crippen LogP contribution in [0.3, 0.4) is 0 Å². The van der Waals surface area contributed by atoms with Crippen LogP contribution in [0.4, 0.5) is 0 Å². The maximum absolute atomic E-state index is 3.68. The molecule has 2 aromatic rings. The van der Waals surface area contributed by atoms with Crippen molar-refractivity contribution in [1.29, 1.82) is 0 Å². The van der Waals surface area contributed by atoms with E-state index in [4.69, 9.17) is 0 Å². The molecule has 0 bridgehead atoms. The van der Waals surface area contributed by atoms with Crippen LogP contribution in [0.2, 0.25) is 0 Å². The Hall–Kier alpha value is -1.60. The highest BCUT2D eigenvalue weighted by Crippen LogP contribution is 2.37. The van der Waals surface area contributed by atoms with Crippen molar-refractivity contribution in [2.24, 2.45) is 0 Å². The molecule has 0 saturated heterocycles. The van der Waals surface area contributed by atoms with E-state index in [1.165, 1.54) is 16.7 Å². The van der Waals surface area contributed by atoms with Gasteiger partial charge in [-0.2, -0.15) is 0 Å². The fourth-order valence-corrected chi connectivity index (χ4v) is 3.17. The highest BCUT2D eigenvalue weighted by atomic mass is 15.0. The van der Waals surface area contributed by atoms with Gasteiger partial charge < -0.3 is 5.32 Å². The Balaban J connectivity index is 2.12. The Morgan fingerprint density at radius 3 is 2.11 bits per heavy atom. The molecular weight excluding hydrogens is 218 g/mol. The third kappa shape index (κ3) is 1.85. The Bertz CT molecular complexity index is 532. The first-order valence-electron chi connectivity index (χ1n) is 6.67. The van der Waals surface area contributed by atoms with Gasteiger partial charge in [0.2, 0.25) is 0 Å². The molecule has 0 saturated carbocycles. The Labute approximate surface area is 109 Å². The Kier molecular flexibility index (Phi) is 2.92. The summed E-state index contributed by atoms with van der Waals surface area (Å²) in [5, 5.41) is 3.68. The van der Waals surface area contributed by atoms with Crippen molar-refractivity contribution < 1.29 is 0 Å². The number of nitrogens with one attached hydrogen (secondary N) is 1. The number of rotatable bonds is 1. The van der Waals surface area contributed by atoms with Crippen LogP contribution in [-0.4, -0.2) is 6.04 Å². The number of hydrogen-bond acceptors (Lipinski definition) is 1. The van der Waals surface area contributed by atoms with Crippen molar-refractivity contribution in [2.75, 3.05) is 0 Å². The van der Waals surface area contributed by atoms with Crippen molar-refractivity contribution in [3.05, 3.63) is 71.3 Å². The monoisotopic (exact) mass is 237 g/mol. The highest BCUT2D eigenvalue weighted by Gasteiger charge is 2.30. The third-order valence-corrected chi connectivity index (χ3v) is 3.97. The minimum atomic E-state index is 0.441. The lowest BCUT2D eigenvalue weighted by atomic mass is 9.78. The van der Waals surface area contributed by atoms with Crippen molar-refractivity contribution in [3.8, 4) is 0 Å². The largest absolute Gasteiger partial charge is 0.307 e. The van der Waals surface area contributed by atoms with E-state index in [0.717, 1.165) is 0 Å². The molecule has 0 aliphatic carbocycles. The van der Waals surface area contributed by atoms with Crippen LogP contribution in [-0.2, 0) is 0 Å². The maximum Gasteiger partial charge on any atom is 0.0297 e. The fourth-order valence-electron chi connectivity index (χ4n) is 3.17. The van der Waals surface area contributed by atoms with E-state index < -0.39 is 0 Å². The Morgan fingerprint density at radius 2 is 1.39 bits per heavy atom. The van der Waals surface area contributed by atoms with Crippen molar-refractivity contribution >= 4 is 0 Å². The molecule has 0 amide bonds. The lowest BCUT2D eigenvalue weighted by Gasteiger charge is -2.36. The quantitative estimate of drug-likeness (QED) is 0.794. The second-order valence-corrected chi connectivity index (χ2v) is 5.19. The number of benzene rings is 2. The smallest absolute Gasteiger partial charge is 0.0297 e. The minimum Gasteiger partial charge on any atom is -0.307 e. The zero-order valence-corrected chi connectivity index (χ0v) is 10.9. The molecule has 1 N–H and O–H groups in total. The molecule has 3 rings (SSSR count). The highest BCUT2D eigenvalue weighted by molar-refractivity contribution is 5.43. The SMILES string of the molecule is C[C@@H]1N[C@H](C)[C@@H](c2ccccc2)c2ccccc21. The van der Waals surface area contributed by atoms with Crippen molar-refractivity contribution in [3.63, 3.8) is 0 Å². The van der Waals surface area contributed by atoms with Crippen LogP contribution in [0, 0.1) is 0 Å². The van der Waals surface area contributed by atoms with E-state index in [1.807, 2.05) is 0 Å². The third-order valence-electron chi connectivity index (χ3n) is 3.97. The molecular formula is C17H19N. The van der Waals surface area contributed by atoms with Gasteiger partial charge >= 0.3 is 0 Å². The summed E-state index contributed by atoms with van der Waals surface area (Å²) in [5.41, 5.74) is 4.31. The van der Waals surface area contributed by atoms with Crippen LogP contribution in [0.5, 0.6) is 0 Å². The zero-order chi connectivity index (χ0) is 12.5. The van der Waals surface area contributed by atoms with E-state index in [9.17, 15) is 0 Å². The van der Waals surface area contributed by atoms with Crippen LogP contribution in [0.25, 0.3) is 0 Å². The van der Waals surface area contributed by atoms with Crippen molar-refractivity contribution in [2.45, 2.75) is 31.8 Å². The molecule has 1 aliphatic heterocycles. The summed E-state index contributed by atoms with van der Waals surface area (Å²) in [7, 11) is 0. The lowest BCUT2D eigenvalue weighted by molar-refractivity contribution is 0.411. The zero-order valence-electron chi connectivity index (χ0n) is 10.9. The molecule has 18 heavy (non-hydrogen) atoms. The predicted octanol–water partition coefficient (Wildman–Crippen LogP) is 3.87. The summed E-state index contributed by atoms with van der Waals surface area (Å²) in [6.45, 7) is 4.53. The molecule has 1 nitrogen and oxygen atoms in total. The first-order chi connectivity index (χ1) is 8.77. The van der Waals surface area contributed by atoms with E-state index in [-0.39, 0.29) is 0 Å². The minimum absolute atomic E-state index is 0.441. The van der Waals surface area contributed by atoms with Gasteiger partial charge in [-0.15, -0.1) is 0 Å². The van der Waals surface area contributed by atoms with Crippen LogP contribution >= 0.6 is 0 Å². The molecule has 0 aromatic heterocycles. The first kappa shape index (κ1) is 11.5. The molecule has 92 valence electrons. The molecule has 1 heteroatoms. The van der Waals surface area contributed by atoms with E-state index >= 15 is 0 Å². The molecule has 0 unspecified atom stereocenters. The lowest BCUT2D eigenvalue weighted by Crippen LogP contribution is -2.39. The van der Waals surface area contributed by atoms with Gasteiger partial charge in [-0.1, -0.05) is 54.6 Å². The van der Waals surface area contributed by atoms with Crippen LogP contribution < -0.4 is 5.32 Å². The van der Waals surface area contributed by atoms with E-state index in [0.29, 0.717) is 18.0 Å². The molecule has 0 radical (unpaired) electrons. The molecule has 2 aromatic carbocycles. The van der Waals surface area contributed by atoms with Gasteiger partial charge in [0.05, 0.1) is 0 Å². The summed E-state index contributed by atoms with van der Waals surface area (Å²) in [6, 6.07) is 20.5.